The van der Waals surface area contributed by atoms with Gasteiger partial charge in [0.15, 0.2) is 0 Å². The first-order chi connectivity index (χ1) is 7.76. The van der Waals surface area contributed by atoms with Crippen molar-refractivity contribution in [2.75, 3.05) is 26.9 Å². The standard InChI is InChI=1S/C12H20FNO2/c1-16-11-5-3-2-4-10(11)12(15)14-7-9(6-13)8-14/h9-11H,2-8H2,1H3. The molecular formula is C12H20FNO2. The Balaban J connectivity index is 1.88. The third-order valence-corrected chi connectivity index (χ3v) is 3.81. The van der Waals surface area contributed by atoms with Crippen LogP contribution in [0.25, 0.3) is 0 Å². The van der Waals surface area contributed by atoms with Gasteiger partial charge in [-0.15, -0.1) is 0 Å². The van der Waals surface area contributed by atoms with Crippen molar-refractivity contribution in [1.29, 1.82) is 0 Å². The van der Waals surface area contributed by atoms with Crippen LogP contribution in [0, 0.1) is 11.8 Å². The van der Waals surface area contributed by atoms with Gasteiger partial charge in [0.25, 0.3) is 0 Å². The molecule has 2 fully saturated rings. The summed E-state index contributed by atoms with van der Waals surface area (Å²) in [6.07, 6.45) is 4.23. The Morgan fingerprint density at radius 3 is 2.69 bits per heavy atom. The highest BCUT2D eigenvalue weighted by molar-refractivity contribution is 5.80. The Kier molecular flexibility index (Phi) is 3.79. The van der Waals surface area contributed by atoms with Crippen molar-refractivity contribution in [3.63, 3.8) is 0 Å². The van der Waals surface area contributed by atoms with Gasteiger partial charge in [0.2, 0.25) is 5.91 Å². The van der Waals surface area contributed by atoms with Crippen LogP contribution in [-0.4, -0.2) is 43.8 Å². The lowest BCUT2D eigenvalue weighted by atomic mass is 9.84. The lowest BCUT2D eigenvalue weighted by Gasteiger charge is -2.42. The molecule has 3 nitrogen and oxygen atoms in total. The van der Waals surface area contributed by atoms with Gasteiger partial charge in [0, 0.05) is 26.1 Å². The molecule has 0 aromatic heterocycles. The van der Waals surface area contributed by atoms with Crippen molar-refractivity contribution in [3.8, 4) is 0 Å². The number of nitrogens with zero attached hydrogens (tertiary/aromatic N) is 1. The van der Waals surface area contributed by atoms with Crippen molar-refractivity contribution in [1.82, 2.24) is 4.90 Å². The van der Waals surface area contributed by atoms with Gasteiger partial charge in [-0.25, -0.2) is 0 Å². The van der Waals surface area contributed by atoms with E-state index < -0.39 is 0 Å². The van der Waals surface area contributed by atoms with Crippen LogP contribution in [0.3, 0.4) is 0 Å². The number of alkyl halides is 1. The van der Waals surface area contributed by atoms with Gasteiger partial charge in [-0.1, -0.05) is 12.8 Å². The lowest BCUT2D eigenvalue weighted by Crippen LogP contribution is -2.54. The second-order valence-electron chi connectivity index (χ2n) is 4.93. The van der Waals surface area contributed by atoms with Crippen molar-refractivity contribution in [3.05, 3.63) is 0 Å². The van der Waals surface area contributed by atoms with Gasteiger partial charge in [0.05, 0.1) is 18.7 Å². The highest BCUT2D eigenvalue weighted by Crippen LogP contribution is 2.30. The Hall–Kier alpha value is -0.640. The molecule has 1 aliphatic heterocycles. The van der Waals surface area contributed by atoms with Crippen LogP contribution in [0.5, 0.6) is 0 Å². The number of halogens is 1. The summed E-state index contributed by atoms with van der Waals surface area (Å²) in [6, 6.07) is 0. The lowest BCUT2D eigenvalue weighted by molar-refractivity contribution is -0.149. The summed E-state index contributed by atoms with van der Waals surface area (Å²) in [5.41, 5.74) is 0. The average molecular weight is 229 g/mol. The molecule has 2 aliphatic rings. The molecule has 0 radical (unpaired) electrons. The van der Waals surface area contributed by atoms with Gasteiger partial charge in [-0.2, -0.15) is 0 Å². The summed E-state index contributed by atoms with van der Waals surface area (Å²) in [7, 11) is 1.68. The maximum Gasteiger partial charge on any atom is 0.228 e. The number of carbonyl (C=O) groups excluding carboxylic acids is 1. The number of rotatable bonds is 3. The topological polar surface area (TPSA) is 29.5 Å². The Morgan fingerprint density at radius 2 is 2.06 bits per heavy atom. The maximum absolute atomic E-state index is 12.3. The van der Waals surface area contributed by atoms with Crippen LogP contribution >= 0.6 is 0 Å². The Morgan fingerprint density at radius 1 is 1.38 bits per heavy atom. The monoisotopic (exact) mass is 229 g/mol. The molecule has 1 saturated heterocycles. The molecular weight excluding hydrogens is 209 g/mol. The van der Waals surface area contributed by atoms with Gasteiger partial charge in [-0.3, -0.25) is 9.18 Å². The van der Waals surface area contributed by atoms with Crippen molar-refractivity contribution >= 4 is 5.91 Å². The highest BCUT2D eigenvalue weighted by Gasteiger charge is 2.38. The molecule has 0 aromatic carbocycles. The zero-order chi connectivity index (χ0) is 11.5. The van der Waals surface area contributed by atoms with E-state index in [2.05, 4.69) is 0 Å². The summed E-state index contributed by atoms with van der Waals surface area (Å²) in [5.74, 6) is 0.268. The molecule has 16 heavy (non-hydrogen) atoms. The smallest absolute Gasteiger partial charge is 0.228 e. The van der Waals surface area contributed by atoms with Crippen LogP contribution in [0.4, 0.5) is 4.39 Å². The molecule has 0 N–H and O–H groups in total. The average Bonchev–Trinajstić information content (AvgIpc) is 2.27. The molecule has 92 valence electrons. The van der Waals surface area contributed by atoms with Crippen molar-refractivity contribution < 1.29 is 13.9 Å². The van der Waals surface area contributed by atoms with Crippen LogP contribution in [0.15, 0.2) is 0 Å². The van der Waals surface area contributed by atoms with Gasteiger partial charge >= 0.3 is 0 Å². The molecule has 1 aliphatic carbocycles. The predicted octanol–water partition coefficient (Wildman–Crippen LogP) is 1.62. The zero-order valence-corrected chi connectivity index (χ0v) is 9.82. The number of ether oxygens (including phenoxy) is 1. The first-order valence-corrected chi connectivity index (χ1v) is 6.13. The minimum absolute atomic E-state index is 0.0133. The largest absolute Gasteiger partial charge is 0.381 e. The second-order valence-corrected chi connectivity index (χ2v) is 4.93. The number of hydrogen-bond donors (Lipinski definition) is 0. The van der Waals surface area contributed by atoms with E-state index in [1.807, 2.05) is 0 Å². The first-order valence-electron chi connectivity index (χ1n) is 6.13. The molecule has 2 atom stereocenters. The van der Waals surface area contributed by atoms with Gasteiger partial charge in [0.1, 0.15) is 0 Å². The van der Waals surface area contributed by atoms with E-state index in [0.717, 1.165) is 25.7 Å². The summed E-state index contributed by atoms with van der Waals surface area (Å²) < 4.78 is 17.7. The van der Waals surface area contributed by atoms with Crippen LogP contribution in [-0.2, 0) is 9.53 Å². The number of hydrogen-bond acceptors (Lipinski definition) is 2. The minimum Gasteiger partial charge on any atom is -0.381 e. The normalized spacial score (nSPS) is 31.2. The van der Waals surface area contributed by atoms with E-state index in [0.29, 0.717) is 13.1 Å². The quantitative estimate of drug-likeness (QED) is 0.736. The second kappa shape index (κ2) is 5.13. The summed E-state index contributed by atoms with van der Waals surface area (Å²) in [5, 5.41) is 0. The van der Waals surface area contributed by atoms with Crippen molar-refractivity contribution in [2.45, 2.75) is 31.8 Å². The van der Waals surface area contributed by atoms with Crippen molar-refractivity contribution in [2.24, 2.45) is 11.8 Å². The van der Waals surface area contributed by atoms with Gasteiger partial charge < -0.3 is 9.64 Å². The Bertz CT molecular complexity index is 253. The molecule has 2 unspecified atom stereocenters. The van der Waals surface area contributed by atoms with E-state index >= 15 is 0 Å². The third kappa shape index (κ3) is 2.21. The highest BCUT2D eigenvalue weighted by atomic mass is 19.1. The van der Waals surface area contributed by atoms with Crippen LogP contribution < -0.4 is 0 Å². The fraction of sp³-hybridized carbons (Fsp3) is 0.917. The molecule has 2 rings (SSSR count). The third-order valence-electron chi connectivity index (χ3n) is 3.81. The molecule has 1 amide bonds. The maximum atomic E-state index is 12.3. The predicted molar refractivity (Wildman–Crippen MR) is 58.8 cm³/mol. The molecule has 1 saturated carbocycles. The van der Waals surface area contributed by atoms with Crippen LogP contribution in [0.1, 0.15) is 25.7 Å². The number of carbonyl (C=O) groups is 1. The number of methoxy groups -OCH3 is 1. The SMILES string of the molecule is COC1CCCCC1C(=O)N1CC(CF)C1. The molecule has 0 bridgehead atoms. The van der Waals surface area contributed by atoms with E-state index in [9.17, 15) is 9.18 Å². The van der Waals surface area contributed by atoms with E-state index in [1.165, 1.54) is 0 Å². The molecule has 4 heteroatoms. The summed E-state index contributed by atoms with van der Waals surface area (Å²) in [4.78, 5) is 13.9. The molecule has 1 heterocycles. The fourth-order valence-electron chi connectivity index (χ4n) is 2.74. The fourth-order valence-corrected chi connectivity index (χ4v) is 2.74. The van der Waals surface area contributed by atoms with E-state index in [1.54, 1.807) is 12.0 Å². The first kappa shape index (κ1) is 11.8. The van der Waals surface area contributed by atoms with E-state index in [4.69, 9.17) is 4.74 Å². The number of likely N-dealkylation sites (tertiary alicyclic amines) is 1. The minimum atomic E-state index is -0.303. The van der Waals surface area contributed by atoms with Crippen LogP contribution in [0.2, 0.25) is 0 Å². The molecule has 0 aromatic rings. The summed E-state index contributed by atoms with van der Waals surface area (Å²) >= 11 is 0. The van der Waals surface area contributed by atoms with E-state index in [-0.39, 0.29) is 30.5 Å². The molecule has 0 spiro atoms. The number of amides is 1. The Labute approximate surface area is 95.9 Å². The zero-order valence-electron chi connectivity index (χ0n) is 9.82. The summed E-state index contributed by atoms with van der Waals surface area (Å²) in [6.45, 7) is 0.896. The van der Waals surface area contributed by atoms with Gasteiger partial charge in [-0.05, 0) is 12.8 Å².